The zero-order valence-electron chi connectivity index (χ0n) is 10.8. The van der Waals surface area contributed by atoms with Gasteiger partial charge < -0.3 is 14.8 Å². The Hall–Kier alpha value is -2.54. The predicted octanol–water partition coefficient (Wildman–Crippen LogP) is 1.67. The number of aromatic nitrogens is 2. The standard InChI is InChI=1S/C13H15N5O2/c14-18-13-15-5-4-12(17-13)16-9-2-3-10-11(8-9)20-7-1-6-19-10/h2-5,8H,1,6-7,14H2,(H2,15,16,17,18). The summed E-state index contributed by atoms with van der Waals surface area (Å²) in [5, 5.41) is 3.17. The van der Waals surface area contributed by atoms with Crippen LogP contribution in [0, 0.1) is 0 Å². The smallest absolute Gasteiger partial charge is 0.239 e. The van der Waals surface area contributed by atoms with E-state index in [9.17, 15) is 0 Å². The lowest BCUT2D eigenvalue weighted by atomic mass is 10.2. The molecule has 20 heavy (non-hydrogen) atoms. The van der Waals surface area contributed by atoms with Crippen LogP contribution in [0.15, 0.2) is 30.5 Å². The average molecular weight is 273 g/mol. The molecule has 2 aromatic rings. The highest BCUT2D eigenvalue weighted by molar-refractivity contribution is 5.61. The van der Waals surface area contributed by atoms with Crippen molar-refractivity contribution >= 4 is 17.5 Å². The maximum absolute atomic E-state index is 5.64. The number of anilines is 3. The minimum Gasteiger partial charge on any atom is -0.490 e. The van der Waals surface area contributed by atoms with Crippen LogP contribution in [0.3, 0.4) is 0 Å². The molecule has 7 heteroatoms. The van der Waals surface area contributed by atoms with E-state index in [-0.39, 0.29) is 0 Å². The molecule has 0 amide bonds. The summed E-state index contributed by atoms with van der Waals surface area (Å²) in [6.45, 7) is 1.34. The maximum Gasteiger partial charge on any atom is 0.239 e. The number of hydrogen-bond donors (Lipinski definition) is 3. The zero-order valence-corrected chi connectivity index (χ0v) is 10.8. The molecule has 0 aliphatic carbocycles. The Labute approximate surface area is 116 Å². The van der Waals surface area contributed by atoms with Crippen molar-refractivity contribution in [2.75, 3.05) is 24.0 Å². The molecule has 1 aliphatic rings. The minimum atomic E-state index is 0.351. The van der Waals surface area contributed by atoms with Gasteiger partial charge in [-0.25, -0.2) is 10.8 Å². The molecular weight excluding hydrogens is 258 g/mol. The Morgan fingerprint density at radius 1 is 1.10 bits per heavy atom. The molecule has 0 spiro atoms. The third-order valence-corrected chi connectivity index (χ3v) is 2.80. The van der Waals surface area contributed by atoms with Gasteiger partial charge in [0, 0.05) is 24.4 Å². The largest absolute Gasteiger partial charge is 0.490 e. The zero-order chi connectivity index (χ0) is 13.8. The van der Waals surface area contributed by atoms with E-state index in [1.807, 2.05) is 18.2 Å². The van der Waals surface area contributed by atoms with Crippen LogP contribution in [-0.4, -0.2) is 23.2 Å². The minimum absolute atomic E-state index is 0.351. The number of fused-ring (bicyclic) bond motifs is 1. The van der Waals surface area contributed by atoms with E-state index in [1.54, 1.807) is 12.3 Å². The second-order valence-corrected chi connectivity index (χ2v) is 4.25. The lowest BCUT2D eigenvalue weighted by molar-refractivity contribution is 0.297. The summed E-state index contributed by atoms with van der Waals surface area (Å²) in [6, 6.07) is 7.43. The first-order chi connectivity index (χ1) is 9.85. The van der Waals surface area contributed by atoms with E-state index < -0.39 is 0 Å². The van der Waals surface area contributed by atoms with Crippen molar-refractivity contribution in [1.82, 2.24) is 9.97 Å². The molecule has 0 bridgehead atoms. The molecule has 104 valence electrons. The van der Waals surface area contributed by atoms with Crippen molar-refractivity contribution in [3.8, 4) is 11.5 Å². The second kappa shape index (κ2) is 5.62. The summed E-state index contributed by atoms with van der Waals surface area (Å²) in [5.74, 6) is 7.77. The summed E-state index contributed by atoms with van der Waals surface area (Å²) >= 11 is 0. The normalized spacial score (nSPS) is 13.4. The van der Waals surface area contributed by atoms with Gasteiger partial charge in [0.1, 0.15) is 5.82 Å². The van der Waals surface area contributed by atoms with Gasteiger partial charge >= 0.3 is 0 Å². The Kier molecular flexibility index (Phi) is 3.51. The van der Waals surface area contributed by atoms with Crippen LogP contribution in [0.5, 0.6) is 11.5 Å². The summed E-state index contributed by atoms with van der Waals surface area (Å²) in [7, 11) is 0. The number of nitrogens with zero attached hydrogens (tertiary/aromatic N) is 2. The Morgan fingerprint density at radius 3 is 2.80 bits per heavy atom. The van der Waals surface area contributed by atoms with Gasteiger partial charge in [0.2, 0.25) is 5.95 Å². The molecule has 2 heterocycles. The van der Waals surface area contributed by atoms with Crippen molar-refractivity contribution in [3.63, 3.8) is 0 Å². The lowest BCUT2D eigenvalue weighted by Gasteiger charge is -2.11. The third-order valence-electron chi connectivity index (χ3n) is 2.80. The monoisotopic (exact) mass is 273 g/mol. The van der Waals surface area contributed by atoms with Crippen molar-refractivity contribution in [3.05, 3.63) is 30.5 Å². The number of hydrogen-bond acceptors (Lipinski definition) is 7. The number of benzene rings is 1. The summed E-state index contributed by atoms with van der Waals surface area (Å²) in [5.41, 5.74) is 3.26. The summed E-state index contributed by atoms with van der Waals surface area (Å²) in [6.07, 6.45) is 2.50. The van der Waals surface area contributed by atoms with Crippen LogP contribution in [0.25, 0.3) is 0 Å². The Bertz CT molecular complexity index is 605. The van der Waals surface area contributed by atoms with Crippen molar-refractivity contribution in [2.24, 2.45) is 5.84 Å². The van der Waals surface area contributed by atoms with Crippen LogP contribution >= 0.6 is 0 Å². The molecule has 3 rings (SSSR count). The van der Waals surface area contributed by atoms with Gasteiger partial charge in [0.25, 0.3) is 0 Å². The van der Waals surface area contributed by atoms with Gasteiger partial charge in [-0.3, -0.25) is 5.43 Å². The van der Waals surface area contributed by atoms with Crippen LogP contribution in [0.4, 0.5) is 17.5 Å². The molecular formula is C13H15N5O2. The van der Waals surface area contributed by atoms with E-state index in [2.05, 4.69) is 20.7 Å². The van der Waals surface area contributed by atoms with Crippen molar-refractivity contribution < 1.29 is 9.47 Å². The highest BCUT2D eigenvalue weighted by atomic mass is 16.5. The lowest BCUT2D eigenvalue weighted by Crippen LogP contribution is -2.10. The second-order valence-electron chi connectivity index (χ2n) is 4.25. The fraction of sp³-hybridized carbons (Fsp3) is 0.231. The SMILES string of the molecule is NNc1nccc(Nc2ccc3c(c2)OCCCO3)n1. The van der Waals surface area contributed by atoms with Crippen LogP contribution < -0.4 is 26.1 Å². The predicted molar refractivity (Wildman–Crippen MR) is 75.2 cm³/mol. The van der Waals surface area contributed by atoms with E-state index in [0.29, 0.717) is 25.0 Å². The highest BCUT2D eigenvalue weighted by Gasteiger charge is 2.10. The number of nitrogens with two attached hydrogens (primary N) is 1. The Morgan fingerprint density at radius 2 is 1.95 bits per heavy atom. The van der Waals surface area contributed by atoms with E-state index in [0.717, 1.165) is 23.6 Å². The molecule has 0 saturated carbocycles. The first kappa shape index (κ1) is 12.5. The molecule has 0 atom stereocenters. The number of hydrazine groups is 1. The van der Waals surface area contributed by atoms with Crippen LogP contribution in [0.1, 0.15) is 6.42 Å². The number of nitrogen functional groups attached to an aromatic ring is 1. The molecule has 0 unspecified atom stereocenters. The molecule has 7 nitrogen and oxygen atoms in total. The molecule has 1 aromatic heterocycles. The fourth-order valence-electron chi connectivity index (χ4n) is 1.89. The van der Waals surface area contributed by atoms with Crippen molar-refractivity contribution in [2.45, 2.75) is 6.42 Å². The number of ether oxygens (including phenoxy) is 2. The molecule has 4 N–H and O–H groups in total. The van der Waals surface area contributed by atoms with E-state index >= 15 is 0 Å². The van der Waals surface area contributed by atoms with Gasteiger partial charge in [0.05, 0.1) is 13.2 Å². The van der Waals surface area contributed by atoms with Crippen LogP contribution in [-0.2, 0) is 0 Å². The summed E-state index contributed by atoms with van der Waals surface area (Å²) in [4.78, 5) is 8.14. The van der Waals surface area contributed by atoms with E-state index in [4.69, 9.17) is 15.3 Å². The average Bonchev–Trinajstić information content (AvgIpc) is 2.72. The molecule has 1 aliphatic heterocycles. The third kappa shape index (κ3) is 2.72. The van der Waals surface area contributed by atoms with Gasteiger partial charge in [-0.2, -0.15) is 4.98 Å². The summed E-state index contributed by atoms with van der Waals surface area (Å²) < 4.78 is 11.2. The molecule has 0 radical (unpaired) electrons. The highest BCUT2D eigenvalue weighted by Crippen LogP contribution is 2.33. The molecule has 0 fully saturated rings. The Balaban J connectivity index is 1.82. The quantitative estimate of drug-likeness (QED) is 0.578. The first-order valence-corrected chi connectivity index (χ1v) is 6.31. The number of rotatable bonds is 3. The molecule has 1 aromatic carbocycles. The number of nitrogens with one attached hydrogen (secondary N) is 2. The van der Waals surface area contributed by atoms with Crippen molar-refractivity contribution in [1.29, 1.82) is 0 Å². The fourth-order valence-corrected chi connectivity index (χ4v) is 1.89. The van der Waals surface area contributed by atoms with E-state index in [1.165, 1.54) is 0 Å². The first-order valence-electron chi connectivity index (χ1n) is 6.31. The van der Waals surface area contributed by atoms with Gasteiger partial charge in [-0.15, -0.1) is 0 Å². The van der Waals surface area contributed by atoms with Crippen LogP contribution in [0.2, 0.25) is 0 Å². The van der Waals surface area contributed by atoms with Gasteiger partial charge in [-0.1, -0.05) is 0 Å². The molecule has 0 saturated heterocycles. The van der Waals surface area contributed by atoms with Gasteiger partial charge in [-0.05, 0) is 18.2 Å². The maximum atomic E-state index is 5.64. The van der Waals surface area contributed by atoms with Gasteiger partial charge in [0.15, 0.2) is 11.5 Å². The topological polar surface area (TPSA) is 94.3 Å².